The Bertz CT molecular complexity index is 219. The summed E-state index contributed by atoms with van der Waals surface area (Å²) in [4.78, 5) is 21.5. The average molecular weight is 188 g/mol. The molecule has 0 fully saturated rings. The monoisotopic (exact) mass is 188 g/mol. The Kier molecular flexibility index (Phi) is 5.34. The number of rotatable bonds is 4. The predicted molar refractivity (Wildman–Crippen MR) is 43.7 cm³/mol. The number of carbonyl (C=O) groups is 2. The molecule has 0 aliphatic carbocycles. The second-order valence-corrected chi connectivity index (χ2v) is 2.09. The van der Waals surface area contributed by atoms with Crippen LogP contribution in [-0.2, 0) is 23.8 Å². The van der Waals surface area contributed by atoms with E-state index in [0.717, 1.165) is 6.08 Å². The summed E-state index contributed by atoms with van der Waals surface area (Å²) in [5.74, 6) is -0.837. The van der Waals surface area contributed by atoms with Crippen molar-refractivity contribution in [1.82, 2.24) is 0 Å². The predicted octanol–water partition coefficient (Wildman–Crippen LogP) is 0.253. The summed E-state index contributed by atoms with van der Waals surface area (Å²) in [6, 6.07) is 0. The van der Waals surface area contributed by atoms with E-state index in [2.05, 4.69) is 9.47 Å². The zero-order chi connectivity index (χ0) is 10.3. The number of ether oxygens (including phenoxy) is 3. The Hall–Kier alpha value is -1.52. The topological polar surface area (TPSA) is 61.8 Å². The molecule has 0 aromatic carbocycles. The molecule has 0 aromatic heterocycles. The van der Waals surface area contributed by atoms with Crippen molar-refractivity contribution in [2.45, 2.75) is 6.42 Å². The summed E-state index contributed by atoms with van der Waals surface area (Å²) >= 11 is 0. The Labute approximate surface area is 76.3 Å². The third-order valence-electron chi connectivity index (χ3n) is 1.29. The van der Waals surface area contributed by atoms with Gasteiger partial charge in [0, 0.05) is 0 Å². The summed E-state index contributed by atoms with van der Waals surface area (Å²) < 4.78 is 13.5. The molecule has 13 heavy (non-hydrogen) atoms. The van der Waals surface area contributed by atoms with Gasteiger partial charge < -0.3 is 14.2 Å². The second-order valence-electron chi connectivity index (χ2n) is 2.09. The summed E-state index contributed by atoms with van der Waals surface area (Å²) in [6.45, 7) is 0. The molecule has 0 radical (unpaired) electrons. The normalized spacial score (nSPS) is 10.5. The third kappa shape index (κ3) is 4.84. The van der Waals surface area contributed by atoms with Gasteiger partial charge in [0.2, 0.25) is 0 Å². The van der Waals surface area contributed by atoms with Gasteiger partial charge in [-0.15, -0.1) is 0 Å². The first-order chi connectivity index (χ1) is 6.13. The molecule has 0 N–H and O–H groups in total. The van der Waals surface area contributed by atoms with Crippen LogP contribution in [0.1, 0.15) is 6.42 Å². The van der Waals surface area contributed by atoms with Crippen molar-refractivity contribution < 1.29 is 23.8 Å². The third-order valence-corrected chi connectivity index (χ3v) is 1.29. The number of carbonyl (C=O) groups excluding carboxylic acids is 2. The van der Waals surface area contributed by atoms with E-state index in [-0.39, 0.29) is 12.2 Å². The van der Waals surface area contributed by atoms with Crippen LogP contribution in [0.3, 0.4) is 0 Å². The van der Waals surface area contributed by atoms with Crippen molar-refractivity contribution in [2.75, 3.05) is 21.3 Å². The van der Waals surface area contributed by atoms with Crippen LogP contribution in [-0.4, -0.2) is 33.3 Å². The molecule has 0 rings (SSSR count). The molecule has 0 saturated heterocycles. The van der Waals surface area contributed by atoms with Gasteiger partial charge in [-0.1, -0.05) is 0 Å². The molecule has 74 valence electrons. The van der Waals surface area contributed by atoms with Gasteiger partial charge in [-0.05, 0) is 0 Å². The van der Waals surface area contributed by atoms with Crippen LogP contribution in [0.2, 0.25) is 0 Å². The largest absolute Gasteiger partial charge is 0.500 e. The number of methoxy groups -OCH3 is 3. The first kappa shape index (κ1) is 11.5. The van der Waals surface area contributed by atoms with E-state index in [0.29, 0.717) is 0 Å². The summed E-state index contributed by atoms with van der Waals surface area (Å²) in [7, 11) is 3.86. The lowest BCUT2D eigenvalue weighted by Gasteiger charge is -2.03. The van der Waals surface area contributed by atoms with Gasteiger partial charge in [0.25, 0.3) is 0 Å². The maximum atomic E-state index is 10.8. The lowest BCUT2D eigenvalue weighted by Crippen LogP contribution is -2.05. The summed E-state index contributed by atoms with van der Waals surface area (Å²) in [6.07, 6.45) is 1.01. The highest BCUT2D eigenvalue weighted by Gasteiger charge is 2.08. The van der Waals surface area contributed by atoms with Gasteiger partial charge in [0.15, 0.2) is 0 Å². The van der Waals surface area contributed by atoms with Crippen molar-refractivity contribution in [2.24, 2.45) is 0 Å². The Balaban J connectivity index is 4.25. The number of esters is 2. The molecule has 0 aliphatic heterocycles. The van der Waals surface area contributed by atoms with E-state index in [1.54, 1.807) is 0 Å². The van der Waals surface area contributed by atoms with E-state index >= 15 is 0 Å². The fourth-order valence-corrected chi connectivity index (χ4v) is 0.587. The Morgan fingerprint density at radius 1 is 1.08 bits per heavy atom. The number of hydrogen-bond donors (Lipinski definition) is 0. The lowest BCUT2D eigenvalue weighted by atomic mass is 10.3. The molecule has 0 saturated carbocycles. The van der Waals surface area contributed by atoms with Crippen LogP contribution in [0.5, 0.6) is 0 Å². The molecule has 0 bridgehead atoms. The number of hydrogen-bond acceptors (Lipinski definition) is 5. The first-order valence-corrected chi connectivity index (χ1v) is 3.53. The van der Waals surface area contributed by atoms with Crippen LogP contribution < -0.4 is 0 Å². The van der Waals surface area contributed by atoms with Gasteiger partial charge in [0.1, 0.15) is 12.2 Å². The summed E-state index contributed by atoms with van der Waals surface area (Å²) in [5, 5.41) is 0. The van der Waals surface area contributed by atoms with E-state index in [1.165, 1.54) is 21.3 Å². The minimum atomic E-state index is -0.569. The minimum absolute atomic E-state index is 0.0813. The molecule has 0 atom stereocenters. The first-order valence-electron chi connectivity index (χ1n) is 3.53. The lowest BCUT2D eigenvalue weighted by molar-refractivity contribution is -0.140. The van der Waals surface area contributed by atoms with Crippen molar-refractivity contribution in [3.8, 4) is 0 Å². The van der Waals surface area contributed by atoms with Crippen LogP contribution in [0.25, 0.3) is 0 Å². The molecule has 0 heterocycles. The van der Waals surface area contributed by atoms with Gasteiger partial charge in [0.05, 0.1) is 27.4 Å². The minimum Gasteiger partial charge on any atom is -0.500 e. The molecule has 0 aliphatic rings. The van der Waals surface area contributed by atoms with Crippen LogP contribution in [0, 0.1) is 0 Å². The Morgan fingerprint density at radius 2 is 1.69 bits per heavy atom. The second kappa shape index (κ2) is 6.05. The summed E-state index contributed by atoms with van der Waals surface area (Å²) in [5.41, 5.74) is 0. The molecular weight excluding hydrogens is 176 g/mol. The molecule has 0 spiro atoms. The van der Waals surface area contributed by atoms with Gasteiger partial charge in [-0.3, -0.25) is 4.79 Å². The smallest absolute Gasteiger partial charge is 0.333 e. The molecule has 0 unspecified atom stereocenters. The maximum absolute atomic E-state index is 10.8. The van der Waals surface area contributed by atoms with Crippen molar-refractivity contribution >= 4 is 11.9 Å². The highest BCUT2D eigenvalue weighted by molar-refractivity contribution is 5.83. The van der Waals surface area contributed by atoms with Crippen molar-refractivity contribution in [3.05, 3.63) is 11.8 Å². The Morgan fingerprint density at radius 3 is 2.08 bits per heavy atom. The zero-order valence-corrected chi connectivity index (χ0v) is 7.83. The van der Waals surface area contributed by atoms with Crippen LogP contribution in [0.4, 0.5) is 0 Å². The van der Waals surface area contributed by atoms with Crippen LogP contribution in [0.15, 0.2) is 11.8 Å². The van der Waals surface area contributed by atoms with Crippen molar-refractivity contribution in [1.29, 1.82) is 0 Å². The van der Waals surface area contributed by atoms with Crippen LogP contribution >= 0.6 is 0 Å². The van der Waals surface area contributed by atoms with Gasteiger partial charge in [-0.2, -0.15) is 0 Å². The van der Waals surface area contributed by atoms with E-state index in [9.17, 15) is 9.59 Å². The molecular formula is C8H12O5. The van der Waals surface area contributed by atoms with Crippen molar-refractivity contribution in [3.63, 3.8) is 0 Å². The zero-order valence-electron chi connectivity index (χ0n) is 7.83. The highest BCUT2D eigenvalue weighted by Crippen LogP contribution is 2.03. The highest BCUT2D eigenvalue weighted by atomic mass is 16.5. The molecule has 5 nitrogen and oxygen atoms in total. The fourth-order valence-electron chi connectivity index (χ4n) is 0.587. The maximum Gasteiger partial charge on any atom is 0.333 e. The van der Waals surface area contributed by atoms with Gasteiger partial charge in [-0.25, -0.2) is 4.79 Å². The van der Waals surface area contributed by atoms with E-state index < -0.39 is 11.9 Å². The quantitative estimate of drug-likeness (QED) is 0.359. The average Bonchev–Trinajstić information content (AvgIpc) is 2.16. The standard InChI is InChI=1S/C8H12O5/c1-11-6(4-7(9)12-2)5-8(10)13-3/h4H,5H2,1-3H3/b6-4+. The van der Waals surface area contributed by atoms with E-state index in [1.807, 2.05) is 0 Å². The SMILES string of the molecule is COC(=O)/C=C(\CC(=O)OC)OC. The molecule has 0 aromatic rings. The van der Waals surface area contributed by atoms with Gasteiger partial charge >= 0.3 is 11.9 Å². The van der Waals surface area contributed by atoms with E-state index in [4.69, 9.17) is 4.74 Å². The molecule has 0 amide bonds. The molecule has 5 heteroatoms. The fraction of sp³-hybridized carbons (Fsp3) is 0.500.